The Kier molecular flexibility index (Phi) is 15.0. The van der Waals surface area contributed by atoms with Gasteiger partial charge in [-0.25, -0.2) is 4.79 Å². The summed E-state index contributed by atoms with van der Waals surface area (Å²) in [5.74, 6) is -1.24. The van der Waals surface area contributed by atoms with Crippen LogP contribution in [0, 0.1) is 0 Å². The number of alkyl halides is 1. The summed E-state index contributed by atoms with van der Waals surface area (Å²) >= 11 is 5.82. The first kappa shape index (κ1) is 21.5. The van der Waals surface area contributed by atoms with Gasteiger partial charge in [0, 0.05) is 0 Å². The van der Waals surface area contributed by atoms with Crippen molar-refractivity contribution >= 4 is 17.6 Å². The summed E-state index contributed by atoms with van der Waals surface area (Å²) in [5.41, 5.74) is 0. The summed E-state index contributed by atoms with van der Waals surface area (Å²) < 4.78 is 0. The highest BCUT2D eigenvalue weighted by Crippen LogP contribution is 2.14. The van der Waals surface area contributed by atoms with E-state index in [2.05, 4.69) is 19.1 Å². The Bertz CT molecular complexity index is 292. The molecule has 0 amide bonds. The van der Waals surface area contributed by atoms with Gasteiger partial charge in [-0.05, 0) is 32.1 Å². The second kappa shape index (κ2) is 15.4. The highest BCUT2D eigenvalue weighted by atomic mass is 35.5. The number of carboxylic acid groups (broad SMARTS) is 1. The minimum Gasteiger partial charge on any atom is -0.479 e. The quantitative estimate of drug-likeness (QED) is 0.243. The number of halogens is 1. The molecule has 3 nitrogen and oxygen atoms in total. The molecular weight excluding hydrogens is 300 g/mol. The van der Waals surface area contributed by atoms with Gasteiger partial charge in [-0.1, -0.05) is 64.0 Å². The minimum atomic E-state index is -1.45. The molecule has 0 fully saturated rings. The van der Waals surface area contributed by atoms with Crippen LogP contribution >= 0.6 is 11.6 Å². The Hall–Kier alpha value is -0.540. The lowest BCUT2D eigenvalue weighted by molar-refractivity contribution is -0.146. The third-order valence-corrected chi connectivity index (χ3v) is 4.29. The number of aliphatic hydroxyl groups is 1. The van der Waals surface area contributed by atoms with Gasteiger partial charge in [-0.2, -0.15) is 0 Å². The normalized spacial score (nSPS) is 14.3. The molecule has 2 unspecified atom stereocenters. The van der Waals surface area contributed by atoms with Gasteiger partial charge in [0.05, 0.1) is 5.38 Å². The van der Waals surface area contributed by atoms with Crippen molar-refractivity contribution in [2.24, 2.45) is 0 Å². The third kappa shape index (κ3) is 13.1. The highest BCUT2D eigenvalue weighted by molar-refractivity contribution is 6.22. The lowest BCUT2D eigenvalue weighted by atomic mass is 10.1. The van der Waals surface area contributed by atoms with Gasteiger partial charge in [0.2, 0.25) is 0 Å². The number of hydrogen-bond acceptors (Lipinski definition) is 2. The van der Waals surface area contributed by atoms with Crippen LogP contribution in [0.2, 0.25) is 0 Å². The predicted octanol–water partition coefficient (Wildman–Crippen LogP) is 5.30. The van der Waals surface area contributed by atoms with E-state index >= 15 is 0 Å². The molecule has 0 aromatic rings. The van der Waals surface area contributed by atoms with Gasteiger partial charge < -0.3 is 10.2 Å². The van der Waals surface area contributed by atoms with Crippen LogP contribution in [0.5, 0.6) is 0 Å². The maximum absolute atomic E-state index is 10.5. The molecule has 0 saturated heterocycles. The van der Waals surface area contributed by atoms with Crippen molar-refractivity contribution in [1.29, 1.82) is 0 Å². The van der Waals surface area contributed by atoms with Crippen LogP contribution in [-0.2, 0) is 4.79 Å². The average molecular weight is 333 g/mol. The fraction of sp³-hybridized carbons (Fsp3) is 0.833. The molecule has 2 N–H and O–H groups in total. The SMILES string of the molecule is CCCCCCCC/C=C\CCCCCC(Cl)C(O)C(=O)O. The molecule has 0 radical (unpaired) electrons. The van der Waals surface area contributed by atoms with E-state index in [1.165, 1.54) is 44.9 Å². The zero-order valence-electron chi connectivity index (χ0n) is 14.0. The van der Waals surface area contributed by atoms with Gasteiger partial charge in [-0.15, -0.1) is 11.6 Å². The van der Waals surface area contributed by atoms with Crippen LogP contribution in [0.3, 0.4) is 0 Å². The number of rotatable bonds is 15. The Labute approximate surface area is 140 Å². The molecule has 0 aliphatic heterocycles. The van der Waals surface area contributed by atoms with E-state index < -0.39 is 17.5 Å². The van der Waals surface area contributed by atoms with Gasteiger partial charge >= 0.3 is 5.97 Å². The summed E-state index contributed by atoms with van der Waals surface area (Å²) in [6.07, 6.45) is 16.9. The van der Waals surface area contributed by atoms with Crippen molar-refractivity contribution in [2.75, 3.05) is 0 Å². The monoisotopic (exact) mass is 332 g/mol. The van der Waals surface area contributed by atoms with Crippen molar-refractivity contribution in [2.45, 2.75) is 95.5 Å². The molecule has 0 aromatic carbocycles. The standard InChI is InChI=1S/C18H33ClO3/c1-2-3-4-5-6-7-8-9-10-11-12-13-14-15-16(19)17(20)18(21)22/h9-10,16-17,20H,2-8,11-15H2,1H3,(H,21,22)/b10-9-. The number of aliphatic carboxylic acids is 1. The molecule has 0 aromatic heterocycles. The largest absolute Gasteiger partial charge is 0.479 e. The van der Waals surface area contributed by atoms with E-state index in [4.69, 9.17) is 16.7 Å². The molecular formula is C18H33ClO3. The molecule has 0 aliphatic rings. The van der Waals surface area contributed by atoms with E-state index in [-0.39, 0.29) is 0 Å². The number of hydrogen-bond donors (Lipinski definition) is 2. The smallest absolute Gasteiger partial charge is 0.334 e. The Balaban J connectivity index is 3.32. The second-order valence-corrected chi connectivity index (χ2v) is 6.53. The molecule has 2 atom stereocenters. The van der Waals surface area contributed by atoms with Crippen LogP contribution < -0.4 is 0 Å². The Morgan fingerprint density at radius 1 is 0.955 bits per heavy atom. The van der Waals surface area contributed by atoms with E-state index in [9.17, 15) is 9.90 Å². The van der Waals surface area contributed by atoms with Crippen molar-refractivity contribution in [3.8, 4) is 0 Å². The molecule has 0 spiro atoms. The molecule has 0 bridgehead atoms. The number of unbranched alkanes of at least 4 members (excludes halogenated alkanes) is 9. The maximum atomic E-state index is 10.5. The summed E-state index contributed by atoms with van der Waals surface area (Å²) in [7, 11) is 0. The lowest BCUT2D eigenvalue weighted by Crippen LogP contribution is -2.29. The fourth-order valence-electron chi connectivity index (χ4n) is 2.37. The molecule has 0 rings (SSSR count). The van der Waals surface area contributed by atoms with Crippen molar-refractivity contribution in [3.63, 3.8) is 0 Å². The van der Waals surface area contributed by atoms with Crippen LogP contribution in [0.15, 0.2) is 12.2 Å². The van der Waals surface area contributed by atoms with Gasteiger partial charge in [0.25, 0.3) is 0 Å². The maximum Gasteiger partial charge on any atom is 0.334 e. The lowest BCUT2D eigenvalue weighted by Gasteiger charge is -2.12. The number of allylic oxidation sites excluding steroid dienone is 2. The summed E-state index contributed by atoms with van der Waals surface area (Å²) in [6.45, 7) is 2.24. The summed E-state index contributed by atoms with van der Waals surface area (Å²) in [4.78, 5) is 10.5. The molecule has 4 heteroatoms. The summed E-state index contributed by atoms with van der Waals surface area (Å²) in [5, 5.41) is 17.2. The van der Waals surface area contributed by atoms with E-state index in [0.717, 1.165) is 25.7 Å². The zero-order valence-corrected chi connectivity index (χ0v) is 14.7. The first-order chi connectivity index (χ1) is 10.6. The van der Waals surface area contributed by atoms with Crippen LogP contribution in [0.1, 0.15) is 84.0 Å². The predicted molar refractivity (Wildman–Crippen MR) is 93.5 cm³/mol. The molecule has 0 aliphatic carbocycles. The van der Waals surface area contributed by atoms with Gasteiger partial charge in [0.1, 0.15) is 0 Å². The van der Waals surface area contributed by atoms with E-state index in [0.29, 0.717) is 6.42 Å². The zero-order chi connectivity index (χ0) is 16.6. The number of carbonyl (C=O) groups is 1. The Morgan fingerprint density at radius 3 is 2.00 bits per heavy atom. The summed E-state index contributed by atoms with van der Waals surface area (Å²) in [6, 6.07) is 0. The fourth-order valence-corrected chi connectivity index (χ4v) is 2.63. The minimum absolute atomic E-state index is 0.552. The van der Waals surface area contributed by atoms with Crippen molar-refractivity contribution < 1.29 is 15.0 Å². The number of carboxylic acids is 1. The van der Waals surface area contributed by atoms with Crippen LogP contribution in [0.25, 0.3) is 0 Å². The Morgan fingerprint density at radius 2 is 1.45 bits per heavy atom. The van der Waals surface area contributed by atoms with Crippen molar-refractivity contribution in [3.05, 3.63) is 12.2 Å². The average Bonchev–Trinajstić information content (AvgIpc) is 2.50. The molecule has 130 valence electrons. The topological polar surface area (TPSA) is 57.5 Å². The molecule has 0 saturated carbocycles. The third-order valence-electron chi connectivity index (χ3n) is 3.84. The molecule has 22 heavy (non-hydrogen) atoms. The van der Waals surface area contributed by atoms with Gasteiger partial charge in [0.15, 0.2) is 6.10 Å². The number of aliphatic hydroxyl groups excluding tert-OH is 1. The van der Waals surface area contributed by atoms with Crippen LogP contribution in [-0.4, -0.2) is 27.7 Å². The van der Waals surface area contributed by atoms with E-state index in [1.807, 2.05) is 0 Å². The van der Waals surface area contributed by atoms with Gasteiger partial charge in [-0.3, -0.25) is 0 Å². The first-order valence-electron chi connectivity index (χ1n) is 8.79. The van der Waals surface area contributed by atoms with Crippen LogP contribution in [0.4, 0.5) is 0 Å². The van der Waals surface area contributed by atoms with Crippen molar-refractivity contribution in [1.82, 2.24) is 0 Å². The second-order valence-electron chi connectivity index (χ2n) is 5.96. The molecule has 0 heterocycles. The first-order valence-corrected chi connectivity index (χ1v) is 9.23. The van der Waals surface area contributed by atoms with E-state index in [1.54, 1.807) is 0 Å². The highest BCUT2D eigenvalue weighted by Gasteiger charge is 2.22.